The van der Waals surface area contributed by atoms with Gasteiger partial charge in [0.05, 0.1) is 13.2 Å². The third-order valence-electron chi connectivity index (χ3n) is 10.9. The Bertz CT molecular complexity index is 1190. The summed E-state index contributed by atoms with van der Waals surface area (Å²) in [6.07, 6.45) is 50.7. The maximum atomic E-state index is 12.7. The molecular formula is C50H92NO10P. The van der Waals surface area contributed by atoms with E-state index in [0.717, 1.165) is 77.0 Å². The average Bonchev–Trinajstić information content (AvgIpc) is 3.25. The zero-order chi connectivity index (χ0) is 45.6. The summed E-state index contributed by atoms with van der Waals surface area (Å²) in [6, 6.07) is -1.52. The van der Waals surface area contributed by atoms with Gasteiger partial charge in [0.25, 0.3) is 0 Å². The number of hydrogen-bond acceptors (Lipinski definition) is 9. The molecule has 0 aliphatic rings. The van der Waals surface area contributed by atoms with Crippen molar-refractivity contribution in [2.75, 3.05) is 19.8 Å². The third-order valence-corrected chi connectivity index (χ3v) is 11.9. The van der Waals surface area contributed by atoms with Crippen molar-refractivity contribution in [1.82, 2.24) is 0 Å². The Kier molecular flexibility index (Phi) is 43.6. The number of carbonyl (C=O) groups excluding carboxylic acids is 2. The second-order valence-corrected chi connectivity index (χ2v) is 18.4. The number of hydrogen-bond donors (Lipinski definition) is 3. The summed E-state index contributed by atoms with van der Waals surface area (Å²) in [6.45, 7) is 2.72. The van der Waals surface area contributed by atoms with Crippen LogP contribution in [-0.4, -0.2) is 59.9 Å². The lowest BCUT2D eigenvalue weighted by atomic mass is 10.0. The lowest BCUT2D eigenvalue weighted by molar-refractivity contribution is -0.161. The van der Waals surface area contributed by atoms with Crippen molar-refractivity contribution < 1.29 is 47.5 Å². The Morgan fingerprint density at radius 3 is 1.35 bits per heavy atom. The van der Waals surface area contributed by atoms with Crippen LogP contribution in [0.25, 0.3) is 0 Å². The van der Waals surface area contributed by atoms with Gasteiger partial charge in [0.2, 0.25) is 0 Å². The molecular weight excluding hydrogens is 806 g/mol. The average molecular weight is 898 g/mol. The fraction of sp³-hybridized carbons (Fsp3) is 0.820. The summed E-state index contributed by atoms with van der Waals surface area (Å²) in [5, 5.41) is 8.91. The quantitative estimate of drug-likeness (QED) is 0.0230. The van der Waals surface area contributed by atoms with Crippen molar-refractivity contribution in [2.45, 2.75) is 244 Å². The predicted octanol–water partition coefficient (Wildman–Crippen LogP) is 14.0. The molecule has 0 radical (unpaired) electrons. The molecule has 4 N–H and O–H groups in total. The Hall–Kier alpha value is -2.30. The number of rotatable bonds is 47. The molecule has 3 unspecified atom stereocenters. The van der Waals surface area contributed by atoms with E-state index in [1.807, 2.05) is 0 Å². The molecule has 0 bridgehead atoms. The highest BCUT2D eigenvalue weighted by molar-refractivity contribution is 7.47. The van der Waals surface area contributed by atoms with E-state index in [4.69, 9.17) is 24.8 Å². The van der Waals surface area contributed by atoms with Gasteiger partial charge in [-0.3, -0.25) is 23.4 Å². The number of carboxylic acid groups (broad SMARTS) is 1. The van der Waals surface area contributed by atoms with Crippen LogP contribution in [0.1, 0.15) is 232 Å². The molecule has 0 aromatic heterocycles. The summed E-state index contributed by atoms with van der Waals surface area (Å²) in [5.74, 6) is -2.38. The largest absolute Gasteiger partial charge is 0.480 e. The molecule has 0 aromatic rings. The number of unbranched alkanes of at least 4 members (excludes halogenated alkanes) is 27. The Morgan fingerprint density at radius 2 is 0.903 bits per heavy atom. The van der Waals surface area contributed by atoms with E-state index in [-0.39, 0.29) is 19.4 Å². The lowest BCUT2D eigenvalue weighted by Gasteiger charge is -2.20. The van der Waals surface area contributed by atoms with E-state index in [9.17, 15) is 23.8 Å². The number of ether oxygens (including phenoxy) is 2. The van der Waals surface area contributed by atoms with Crippen LogP contribution < -0.4 is 5.73 Å². The summed E-state index contributed by atoms with van der Waals surface area (Å²) in [4.78, 5) is 46.1. The van der Waals surface area contributed by atoms with Crippen LogP contribution in [0.5, 0.6) is 0 Å². The second kappa shape index (κ2) is 45.3. The van der Waals surface area contributed by atoms with Crippen LogP contribution in [0, 0.1) is 0 Å². The highest BCUT2D eigenvalue weighted by atomic mass is 31.2. The van der Waals surface area contributed by atoms with Crippen LogP contribution >= 0.6 is 7.82 Å². The van der Waals surface area contributed by atoms with Crippen molar-refractivity contribution in [3.8, 4) is 0 Å². The normalized spacial score (nSPS) is 13.9. The summed E-state index contributed by atoms with van der Waals surface area (Å²) < 4.78 is 32.8. The number of carbonyl (C=O) groups is 3. The van der Waals surface area contributed by atoms with Crippen LogP contribution in [0.15, 0.2) is 36.5 Å². The number of esters is 2. The number of allylic oxidation sites excluding steroid dienone is 6. The SMILES string of the molecule is CC/C=C\C/C=C\C/C=C\CCCCCCCCCC(=O)OC(COC(=O)CCCCCCCCCCCCCCCCCCCCCCC)COP(=O)(O)OCC(N)C(=O)O. The van der Waals surface area contributed by atoms with E-state index in [1.165, 1.54) is 116 Å². The van der Waals surface area contributed by atoms with Gasteiger partial charge in [-0.25, -0.2) is 4.57 Å². The lowest BCUT2D eigenvalue weighted by Crippen LogP contribution is -2.34. The Morgan fingerprint density at radius 1 is 0.516 bits per heavy atom. The maximum Gasteiger partial charge on any atom is 0.472 e. The molecule has 62 heavy (non-hydrogen) atoms. The van der Waals surface area contributed by atoms with Crippen LogP contribution in [0.4, 0.5) is 0 Å². The van der Waals surface area contributed by atoms with Crippen molar-refractivity contribution in [2.24, 2.45) is 5.73 Å². The third kappa shape index (κ3) is 44.3. The molecule has 0 aliphatic carbocycles. The first-order chi connectivity index (χ1) is 30.1. The van der Waals surface area contributed by atoms with Gasteiger partial charge in [-0.2, -0.15) is 0 Å². The first-order valence-corrected chi connectivity index (χ1v) is 26.5. The van der Waals surface area contributed by atoms with Crippen LogP contribution in [0.3, 0.4) is 0 Å². The van der Waals surface area contributed by atoms with Gasteiger partial charge in [0.15, 0.2) is 6.10 Å². The van der Waals surface area contributed by atoms with Gasteiger partial charge in [-0.1, -0.05) is 211 Å². The minimum atomic E-state index is -4.72. The number of aliphatic carboxylic acids is 1. The predicted molar refractivity (Wildman–Crippen MR) is 254 cm³/mol. The van der Waals surface area contributed by atoms with E-state index in [1.54, 1.807) is 0 Å². The molecule has 0 fully saturated rings. The van der Waals surface area contributed by atoms with Crippen molar-refractivity contribution in [3.05, 3.63) is 36.5 Å². The number of phosphoric acid groups is 1. The number of phosphoric ester groups is 1. The molecule has 0 amide bonds. The van der Waals surface area contributed by atoms with Gasteiger partial charge in [0, 0.05) is 12.8 Å². The van der Waals surface area contributed by atoms with Gasteiger partial charge < -0.3 is 25.2 Å². The number of nitrogens with two attached hydrogens (primary N) is 1. The van der Waals surface area contributed by atoms with E-state index in [0.29, 0.717) is 12.8 Å². The van der Waals surface area contributed by atoms with Crippen molar-refractivity contribution in [1.29, 1.82) is 0 Å². The van der Waals surface area contributed by atoms with Crippen molar-refractivity contribution in [3.63, 3.8) is 0 Å². The van der Waals surface area contributed by atoms with E-state index < -0.39 is 51.1 Å². The van der Waals surface area contributed by atoms with Crippen LogP contribution in [-0.2, 0) is 37.5 Å². The minimum Gasteiger partial charge on any atom is -0.480 e. The first kappa shape index (κ1) is 59.7. The molecule has 0 saturated carbocycles. The summed E-state index contributed by atoms with van der Waals surface area (Å²) in [7, 11) is -4.72. The summed E-state index contributed by atoms with van der Waals surface area (Å²) >= 11 is 0. The number of carboxylic acids is 1. The second-order valence-electron chi connectivity index (χ2n) is 16.9. The molecule has 0 heterocycles. The molecule has 362 valence electrons. The fourth-order valence-electron chi connectivity index (χ4n) is 7.02. The van der Waals surface area contributed by atoms with Gasteiger partial charge in [-0.15, -0.1) is 0 Å². The monoisotopic (exact) mass is 898 g/mol. The van der Waals surface area contributed by atoms with E-state index in [2.05, 4.69) is 54.8 Å². The first-order valence-electron chi connectivity index (χ1n) is 25.0. The summed E-state index contributed by atoms with van der Waals surface area (Å²) in [5.41, 5.74) is 5.35. The molecule has 11 nitrogen and oxygen atoms in total. The van der Waals surface area contributed by atoms with Crippen LogP contribution in [0.2, 0.25) is 0 Å². The van der Waals surface area contributed by atoms with Crippen molar-refractivity contribution >= 4 is 25.7 Å². The smallest absolute Gasteiger partial charge is 0.472 e. The Labute approximate surface area is 378 Å². The molecule has 0 spiro atoms. The van der Waals surface area contributed by atoms with E-state index >= 15 is 0 Å². The molecule has 12 heteroatoms. The fourth-order valence-corrected chi connectivity index (χ4v) is 7.80. The van der Waals surface area contributed by atoms with Gasteiger partial charge in [0.1, 0.15) is 12.6 Å². The zero-order valence-electron chi connectivity index (χ0n) is 39.5. The molecule has 3 atom stereocenters. The Balaban J connectivity index is 4.23. The minimum absolute atomic E-state index is 0.152. The van der Waals surface area contributed by atoms with Gasteiger partial charge in [-0.05, 0) is 44.9 Å². The van der Waals surface area contributed by atoms with Gasteiger partial charge >= 0.3 is 25.7 Å². The topological polar surface area (TPSA) is 172 Å². The highest BCUT2D eigenvalue weighted by Crippen LogP contribution is 2.43. The standard InChI is InChI=1S/C50H92NO10P/c1-3-5-7-9-11-13-15-17-19-21-22-23-24-26-27-29-31-33-35-37-39-41-48(52)58-43-46(44-59-62(56,57)60-45-47(51)50(54)55)61-49(53)42-40-38-36-34-32-30-28-25-20-18-16-14-12-10-8-6-4-2/h6,8,12,14,18,20,46-47H,3-5,7,9-11,13,15-17,19,21-45,51H2,1-2H3,(H,54,55)(H,56,57)/b8-6-,14-12-,20-18-. The zero-order valence-corrected chi connectivity index (χ0v) is 40.4. The molecule has 0 aliphatic heterocycles. The molecule has 0 saturated heterocycles. The molecule has 0 rings (SSSR count). The maximum absolute atomic E-state index is 12.7. The highest BCUT2D eigenvalue weighted by Gasteiger charge is 2.28. The molecule has 0 aromatic carbocycles.